The topological polar surface area (TPSA) is 246 Å². The van der Waals surface area contributed by atoms with Gasteiger partial charge >= 0.3 is 24.1 Å². The summed E-state index contributed by atoms with van der Waals surface area (Å²) in [6.07, 6.45) is 21.1. The molecule has 0 aromatic heterocycles. The van der Waals surface area contributed by atoms with Gasteiger partial charge in [-0.25, -0.2) is 14.4 Å². The number of carbonyl (C=O) groups is 11. The Morgan fingerprint density at radius 1 is 0.389 bits per heavy atom. The molecule has 3 amide bonds. The molecule has 734 valence electrons. The Bertz CT molecular complexity index is 3290. The smallest absolute Gasteiger partial charge is 0.421 e. The van der Waals surface area contributed by atoms with E-state index < -0.39 is 17.7 Å². The van der Waals surface area contributed by atoms with E-state index in [0.29, 0.717) is 57.4 Å². The van der Waals surface area contributed by atoms with E-state index in [4.69, 9.17) is 14.2 Å². The highest BCUT2D eigenvalue weighted by molar-refractivity contribution is 5.94. The lowest BCUT2D eigenvalue weighted by atomic mass is 9.89. The number of alkyl halides is 3. The third kappa shape index (κ3) is 137. The van der Waals surface area contributed by atoms with Crippen molar-refractivity contribution < 1.29 is 80.1 Å². The molecular formula is C105H189F3N4O14. The van der Waals surface area contributed by atoms with Crippen molar-refractivity contribution >= 4 is 64.5 Å². The van der Waals surface area contributed by atoms with Crippen LogP contribution in [0, 0.1) is 59.6 Å². The summed E-state index contributed by atoms with van der Waals surface area (Å²) in [5, 5.41) is 4.95. The third-order valence-corrected chi connectivity index (χ3v) is 14.7. The number of halogens is 3. The van der Waals surface area contributed by atoms with Crippen LogP contribution in [0.4, 0.5) is 13.2 Å². The van der Waals surface area contributed by atoms with Gasteiger partial charge in [0, 0.05) is 89.1 Å². The van der Waals surface area contributed by atoms with Crippen molar-refractivity contribution in [2.45, 2.75) is 354 Å². The van der Waals surface area contributed by atoms with Crippen molar-refractivity contribution in [3.63, 3.8) is 0 Å². The highest BCUT2D eigenvalue weighted by Crippen LogP contribution is 2.27. The number of hydrogen-bond acceptors (Lipinski definition) is 15. The number of hydrogen-bond donors (Lipinski definition) is 2. The maximum atomic E-state index is 12.0. The number of likely N-dealkylation sites (N-methyl/N-ethyl adjacent to an activating group) is 2. The third-order valence-electron chi connectivity index (χ3n) is 14.7. The largest absolute Gasteiger partial charge is 0.462 e. The summed E-state index contributed by atoms with van der Waals surface area (Å²) in [6, 6.07) is 0. The van der Waals surface area contributed by atoms with Gasteiger partial charge in [0.05, 0.1) is 13.2 Å². The summed E-state index contributed by atoms with van der Waals surface area (Å²) in [6.45, 7) is 106. The molecule has 126 heavy (non-hydrogen) atoms. The molecular weight excluding hydrogens is 1600 g/mol. The number of allylic oxidation sites excluding steroid dienone is 9. The van der Waals surface area contributed by atoms with Gasteiger partial charge in [0.2, 0.25) is 11.8 Å². The number of amides is 3. The molecule has 0 saturated carbocycles. The average Bonchev–Trinajstić information content (AvgIpc) is 0.892. The first kappa shape index (κ1) is 141. The van der Waals surface area contributed by atoms with Crippen LogP contribution >= 0.6 is 0 Å². The molecule has 0 spiro atoms. The number of ether oxygens (including phenoxy) is 3. The lowest BCUT2D eigenvalue weighted by molar-refractivity contribution is -0.147. The van der Waals surface area contributed by atoms with Crippen molar-refractivity contribution in [3.8, 4) is 0 Å². The molecule has 2 N–H and O–H groups in total. The van der Waals surface area contributed by atoms with Crippen molar-refractivity contribution in [1.82, 2.24) is 20.4 Å². The molecule has 0 aliphatic carbocycles. The van der Waals surface area contributed by atoms with Crippen LogP contribution in [0.15, 0.2) is 135 Å². The summed E-state index contributed by atoms with van der Waals surface area (Å²) in [4.78, 5) is 124. The molecule has 0 aliphatic heterocycles. The number of carbonyl (C=O) groups excluding carboxylic acids is 11. The van der Waals surface area contributed by atoms with Crippen LogP contribution in [0.3, 0.4) is 0 Å². The highest BCUT2D eigenvalue weighted by atomic mass is 19.4. The Labute approximate surface area is 769 Å². The van der Waals surface area contributed by atoms with Gasteiger partial charge in [0.25, 0.3) is 5.91 Å². The second-order valence-corrected chi connectivity index (χ2v) is 45.0. The van der Waals surface area contributed by atoms with Crippen LogP contribution in [0.2, 0.25) is 0 Å². The molecule has 1 unspecified atom stereocenters. The predicted octanol–water partition coefficient (Wildman–Crippen LogP) is 26.1. The van der Waals surface area contributed by atoms with E-state index in [1.165, 1.54) is 30.4 Å². The van der Waals surface area contributed by atoms with Crippen LogP contribution < -0.4 is 10.6 Å². The molecule has 0 heterocycles. The maximum Gasteiger partial charge on any atom is 0.421 e. The molecule has 0 radical (unpaired) electrons. The molecule has 0 aliphatic rings. The first-order valence-electron chi connectivity index (χ1n) is 43.6. The summed E-state index contributed by atoms with van der Waals surface area (Å²) in [5.74, 6) is -1.08. The van der Waals surface area contributed by atoms with Gasteiger partial charge in [-0.15, -0.1) is 0 Å². The zero-order chi connectivity index (χ0) is 103. The van der Waals surface area contributed by atoms with Gasteiger partial charge in [0.1, 0.15) is 11.7 Å². The van der Waals surface area contributed by atoms with Gasteiger partial charge in [-0.1, -0.05) is 297 Å². The molecule has 0 bridgehead atoms. The standard InChI is InChI=1S/C12H23NO.C11H20O.2C10H18O.C9H14F3NO.2C9H17NO.2C9H16O2.C9H16O.C8H14O2/c1-12(2,3)9-8-11(14)7-6-10-13(4)5;1-9(2)8-10(12)6-7-11(3,4)5;1-8(2)6-9(11)7-10(3,4)5;1-5-6-9(11)7-8-10(2,3)4;1-6(9(10,11)12)7(14)13-5-8(2,3)4;1-7(2)8(11)10-6-9(3,4)5;1-6-8(11)10(5)7-9(2,3)4;1-6-8(10)11-7(2)9(3,4)5;1-5-6-8(10)11-7-9(2,3)4;1-5-8(10)6-7-9(2,3)4;1-5-7(9)10-6-8(2,3)4/h6-7H,8-10H2,1-5H3;8H,6-7H2,1-5H3;6H,7H2,1-5H3;5-6H,7-8H2,1-4H3;1,5H2,2-4H3,(H,13,14);1,6H2,2-5H3,(H,10,11);6H,1,7H2,2-5H3;6-7H,1H2,2-5H3;5-6H,7H2,1-4H3;5H,1,6-7H2,2-4H3;5H,1,6H2,2-4H3/b7-6+;;;6-5+;;;;;6-5+;;. The summed E-state index contributed by atoms with van der Waals surface area (Å²) in [7, 11) is 5.77. The molecule has 21 heteroatoms. The fourth-order valence-electron chi connectivity index (χ4n) is 7.37. The lowest BCUT2D eigenvalue weighted by Gasteiger charge is -2.26. The minimum Gasteiger partial charge on any atom is -0.462 e. The highest BCUT2D eigenvalue weighted by Gasteiger charge is 2.37. The Morgan fingerprint density at radius 3 is 0.992 bits per heavy atom. The van der Waals surface area contributed by atoms with E-state index >= 15 is 0 Å². The fraction of sp³-hybridized carbons (Fsp3) is 0.686. The molecule has 0 aromatic rings. The van der Waals surface area contributed by atoms with Crippen molar-refractivity contribution in [1.29, 1.82) is 0 Å². The molecule has 18 nitrogen and oxygen atoms in total. The Balaban J connectivity index is -0.000000128. The number of rotatable bonds is 28. The van der Waals surface area contributed by atoms with E-state index in [2.05, 4.69) is 196 Å². The van der Waals surface area contributed by atoms with E-state index in [1.807, 2.05) is 150 Å². The minimum atomic E-state index is -4.65. The summed E-state index contributed by atoms with van der Waals surface area (Å²) >= 11 is 0. The second kappa shape index (κ2) is 70.0. The zero-order valence-electron chi connectivity index (χ0n) is 88.6. The molecule has 0 saturated heterocycles. The van der Waals surface area contributed by atoms with E-state index in [-0.39, 0.29) is 131 Å². The molecule has 0 aromatic carbocycles. The number of nitrogens with one attached hydrogen (secondary N) is 2. The lowest BCUT2D eigenvalue weighted by Crippen LogP contribution is -2.36. The van der Waals surface area contributed by atoms with Gasteiger partial charge in [-0.05, 0) is 191 Å². The van der Waals surface area contributed by atoms with Crippen molar-refractivity contribution in [2.75, 3.05) is 60.5 Å². The second-order valence-electron chi connectivity index (χ2n) is 45.0. The Kier molecular flexibility index (Phi) is 78.4. The van der Waals surface area contributed by atoms with Gasteiger partial charge in [-0.3, -0.25) is 38.4 Å². The van der Waals surface area contributed by atoms with Crippen LogP contribution in [0.5, 0.6) is 0 Å². The van der Waals surface area contributed by atoms with Crippen LogP contribution in [-0.2, 0) is 67.0 Å². The SMILES string of the molecule is C/C=C/C(=O)CCC(C)(C)C.C/C=C/C(=O)OCC(C)(C)C.C=C(C(=O)NCC(C)(C)C)C(F)(F)F.C=C(C)C(=O)NCC(C)(C)C.C=CC(=O)CCC(C)(C)C.C=CC(=O)N(C)CC(C)(C)C.C=CC(=O)OC(C)C(C)(C)C.C=CC(=O)OCC(C)(C)C.CC(C)=CC(=O)CC(C)(C)C.CC(C)=CC(=O)CCC(C)(C)C.CN(C)C/C=C/C(=O)CCC(C)(C)C. The van der Waals surface area contributed by atoms with Gasteiger partial charge < -0.3 is 34.6 Å². The molecule has 0 fully saturated rings. The van der Waals surface area contributed by atoms with Crippen LogP contribution in [0.25, 0.3) is 0 Å². The van der Waals surface area contributed by atoms with E-state index in [9.17, 15) is 65.9 Å². The normalized spacial score (nSPS) is 11.8. The van der Waals surface area contributed by atoms with Gasteiger partial charge in [-0.2, -0.15) is 13.2 Å². The zero-order valence-corrected chi connectivity index (χ0v) is 88.6. The molecule has 1 atom stereocenters. The maximum absolute atomic E-state index is 12.0. The van der Waals surface area contributed by atoms with Crippen molar-refractivity contribution in [3.05, 3.63) is 135 Å². The van der Waals surface area contributed by atoms with Gasteiger partial charge in [0.15, 0.2) is 28.9 Å². The van der Waals surface area contributed by atoms with Crippen LogP contribution in [0.1, 0.15) is 342 Å². The number of esters is 3. The quantitative estimate of drug-likeness (QED) is 0.0420. The Morgan fingerprint density at radius 2 is 0.722 bits per heavy atom. The average molecular weight is 1790 g/mol. The monoisotopic (exact) mass is 1790 g/mol. The molecule has 0 rings (SSSR count). The minimum absolute atomic E-state index is 0.00132. The van der Waals surface area contributed by atoms with Crippen molar-refractivity contribution in [2.24, 2.45) is 59.6 Å². The summed E-state index contributed by atoms with van der Waals surface area (Å²) in [5.41, 5.74) is 2.70. The van der Waals surface area contributed by atoms with E-state index in [1.54, 1.807) is 62.3 Å². The van der Waals surface area contributed by atoms with E-state index in [0.717, 1.165) is 49.9 Å². The first-order valence-corrected chi connectivity index (χ1v) is 43.6. The summed E-state index contributed by atoms with van der Waals surface area (Å²) < 4.78 is 50.6. The Hall–Kier alpha value is -7.94. The number of ketones is 5. The van der Waals surface area contributed by atoms with Crippen LogP contribution in [-0.4, -0.2) is 147 Å². The fourth-order valence-corrected chi connectivity index (χ4v) is 7.37. The first-order chi connectivity index (χ1) is 55.9. The number of nitrogens with zero attached hydrogens (tertiary/aromatic N) is 2. The predicted molar refractivity (Wildman–Crippen MR) is 529 cm³/mol.